The van der Waals surface area contributed by atoms with Crippen molar-refractivity contribution in [1.29, 1.82) is 0 Å². The smallest absolute Gasteiger partial charge is 0.283 e. The summed E-state index contributed by atoms with van der Waals surface area (Å²) in [7, 11) is 1.56. The van der Waals surface area contributed by atoms with Gasteiger partial charge in [-0.2, -0.15) is 9.47 Å². The molecule has 5 rings (SSSR count). The number of nitrogens with zero attached hydrogens (tertiary/aromatic N) is 4. The monoisotopic (exact) mass is 467 g/mol. The van der Waals surface area contributed by atoms with Gasteiger partial charge in [-0.05, 0) is 53.5 Å². The number of hydrazone groups is 1. The lowest BCUT2D eigenvalue weighted by atomic mass is 10.1. The summed E-state index contributed by atoms with van der Waals surface area (Å²) in [5, 5.41) is 4.65. The van der Waals surface area contributed by atoms with Crippen LogP contribution < -0.4 is 10.2 Å². The van der Waals surface area contributed by atoms with Gasteiger partial charge in [0.1, 0.15) is 23.1 Å². The van der Waals surface area contributed by atoms with E-state index in [1.54, 1.807) is 31.5 Å². The number of methoxy groups -OCH3 is 1. The van der Waals surface area contributed by atoms with Crippen molar-refractivity contribution in [2.45, 2.75) is 13.2 Å². The van der Waals surface area contributed by atoms with E-state index in [1.165, 1.54) is 0 Å². The summed E-state index contributed by atoms with van der Waals surface area (Å²) in [4.78, 5) is 17.6. The molecule has 4 aromatic rings. The number of carbonyl (C=O) groups is 1. The van der Waals surface area contributed by atoms with Crippen molar-refractivity contribution < 1.29 is 14.3 Å². The molecule has 2 aromatic heterocycles. The van der Waals surface area contributed by atoms with E-state index in [0.29, 0.717) is 34.6 Å². The van der Waals surface area contributed by atoms with Crippen molar-refractivity contribution in [2.75, 3.05) is 13.7 Å². The van der Waals surface area contributed by atoms with Gasteiger partial charge in [0, 0.05) is 17.1 Å². The Balaban J connectivity index is 1.29. The van der Waals surface area contributed by atoms with Crippen molar-refractivity contribution in [3.05, 3.63) is 63.8 Å². The quantitative estimate of drug-likeness (QED) is 0.352. The number of hydrogen-bond acceptors (Lipinski definition) is 7. The number of hydrogen-bond donors (Lipinski definition) is 1. The molecule has 1 aliphatic heterocycles. The highest BCUT2D eigenvalue weighted by molar-refractivity contribution is 7.08. The minimum atomic E-state index is -0.339. The molecule has 8 nitrogen and oxygen atoms in total. The van der Waals surface area contributed by atoms with Gasteiger partial charge in [-0.15, -0.1) is 0 Å². The molecule has 0 radical (unpaired) electrons. The number of ether oxygens (including phenoxy) is 2. The average molecular weight is 468 g/mol. The normalized spacial score (nSPS) is 13.4. The SMILES string of the molecule is COc1cc(Cl)ccc1-c1cc(C(=O)N/N=C/c2ccc3c(c2)nc2n3CCOC2)sn1. The van der Waals surface area contributed by atoms with Crippen LogP contribution in [0.25, 0.3) is 22.3 Å². The minimum absolute atomic E-state index is 0.339. The van der Waals surface area contributed by atoms with E-state index in [1.807, 2.05) is 24.3 Å². The first-order valence-electron chi connectivity index (χ1n) is 9.83. The lowest BCUT2D eigenvalue weighted by Crippen LogP contribution is -2.16. The van der Waals surface area contributed by atoms with E-state index >= 15 is 0 Å². The van der Waals surface area contributed by atoms with E-state index in [0.717, 1.165) is 46.1 Å². The average Bonchev–Trinajstić information content (AvgIpc) is 3.43. The highest BCUT2D eigenvalue weighted by Gasteiger charge is 2.16. The molecule has 1 amide bonds. The Kier molecular flexibility index (Phi) is 5.60. The fourth-order valence-corrected chi connectivity index (χ4v) is 4.37. The number of aromatic nitrogens is 3. The van der Waals surface area contributed by atoms with E-state index < -0.39 is 0 Å². The number of benzene rings is 2. The lowest BCUT2D eigenvalue weighted by Gasteiger charge is -2.14. The van der Waals surface area contributed by atoms with Crippen LogP contribution in [0, 0.1) is 0 Å². The maximum Gasteiger partial charge on any atom is 0.283 e. The number of nitrogens with one attached hydrogen (secondary N) is 1. The molecule has 1 aliphatic rings. The van der Waals surface area contributed by atoms with Crippen molar-refractivity contribution in [3.63, 3.8) is 0 Å². The summed E-state index contributed by atoms with van der Waals surface area (Å²) in [6.07, 6.45) is 1.59. The third kappa shape index (κ3) is 3.97. The molecule has 3 heterocycles. The second-order valence-corrected chi connectivity index (χ2v) is 8.34. The summed E-state index contributed by atoms with van der Waals surface area (Å²) in [6, 6.07) is 12.9. The molecule has 162 valence electrons. The van der Waals surface area contributed by atoms with Crippen molar-refractivity contribution in [1.82, 2.24) is 19.4 Å². The van der Waals surface area contributed by atoms with Crippen LogP contribution in [-0.4, -0.2) is 39.8 Å². The summed E-state index contributed by atoms with van der Waals surface area (Å²) in [5.74, 6) is 1.18. The first-order valence-corrected chi connectivity index (χ1v) is 11.0. The predicted octanol–water partition coefficient (Wildman–Crippen LogP) is 4.12. The van der Waals surface area contributed by atoms with Crippen molar-refractivity contribution >= 4 is 46.3 Å². The Morgan fingerprint density at radius 2 is 2.22 bits per heavy atom. The van der Waals surface area contributed by atoms with E-state index in [9.17, 15) is 4.79 Å². The molecule has 0 aliphatic carbocycles. The van der Waals surface area contributed by atoms with Crippen LogP contribution in [0.2, 0.25) is 5.02 Å². The molecule has 0 spiro atoms. The predicted molar refractivity (Wildman–Crippen MR) is 124 cm³/mol. The Morgan fingerprint density at radius 1 is 1.31 bits per heavy atom. The van der Waals surface area contributed by atoms with Gasteiger partial charge in [0.25, 0.3) is 5.91 Å². The highest BCUT2D eigenvalue weighted by Crippen LogP contribution is 2.33. The molecule has 0 atom stereocenters. The maximum atomic E-state index is 12.5. The molecule has 10 heteroatoms. The first kappa shape index (κ1) is 20.6. The number of halogens is 1. The fourth-order valence-electron chi connectivity index (χ4n) is 3.56. The summed E-state index contributed by atoms with van der Waals surface area (Å²) in [5.41, 5.74) is 6.73. The van der Waals surface area contributed by atoms with Gasteiger partial charge in [-0.3, -0.25) is 4.79 Å². The van der Waals surface area contributed by atoms with Gasteiger partial charge in [0.05, 0.1) is 36.7 Å². The number of carbonyl (C=O) groups excluding carboxylic acids is 1. The molecule has 2 aromatic carbocycles. The molecular weight excluding hydrogens is 450 g/mol. The zero-order chi connectivity index (χ0) is 22.1. The van der Waals surface area contributed by atoms with Crippen molar-refractivity contribution in [3.8, 4) is 17.0 Å². The summed E-state index contributed by atoms with van der Waals surface area (Å²) in [6.45, 7) is 2.01. The van der Waals surface area contributed by atoms with Gasteiger partial charge in [-0.1, -0.05) is 17.7 Å². The Morgan fingerprint density at radius 3 is 3.09 bits per heavy atom. The summed E-state index contributed by atoms with van der Waals surface area (Å²) >= 11 is 7.11. The van der Waals surface area contributed by atoms with Crippen molar-refractivity contribution in [2.24, 2.45) is 5.10 Å². The van der Waals surface area contributed by atoms with Gasteiger partial charge in [0.15, 0.2) is 0 Å². The third-order valence-corrected chi connectivity index (χ3v) is 6.12. The molecule has 0 fully saturated rings. The maximum absolute atomic E-state index is 12.5. The van der Waals surface area contributed by atoms with Gasteiger partial charge in [0.2, 0.25) is 0 Å². The molecule has 0 saturated carbocycles. The lowest BCUT2D eigenvalue weighted by molar-refractivity contribution is 0.0830. The molecule has 0 unspecified atom stereocenters. The second-order valence-electron chi connectivity index (χ2n) is 7.10. The minimum Gasteiger partial charge on any atom is -0.496 e. The van der Waals surface area contributed by atoms with Gasteiger partial charge >= 0.3 is 0 Å². The zero-order valence-electron chi connectivity index (χ0n) is 17.0. The Bertz CT molecular complexity index is 1350. The largest absolute Gasteiger partial charge is 0.496 e. The van der Waals surface area contributed by atoms with Crippen LogP contribution in [0.3, 0.4) is 0 Å². The Hall–Kier alpha value is -3.27. The molecule has 1 N–H and O–H groups in total. The van der Waals surface area contributed by atoms with Crippen LogP contribution in [0.15, 0.2) is 47.6 Å². The number of fused-ring (bicyclic) bond motifs is 3. The second kappa shape index (κ2) is 8.70. The number of rotatable bonds is 5. The van der Waals surface area contributed by atoms with Crippen LogP contribution in [0.1, 0.15) is 21.1 Å². The van der Waals surface area contributed by atoms with Crippen LogP contribution >= 0.6 is 23.1 Å². The van der Waals surface area contributed by atoms with Crippen LogP contribution in [0.5, 0.6) is 5.75 Å². The topological polar surface area (TPSA) is 90.6 Å². The third-order valence-electron chi connectivity index (χ3n) is 5.09. The fraction of sp³-hybridized carbons (Fsp3) is 0.182. The first-order chi connectivity index (χ1) is 15.6. The highest BCUT2D eigenvalue weighted by atomic mass is 35.5. The van der Waals surface area contributed by atoms with Crippen LogP contribution in [0.4, 0.5) is 0 Å². The molecule has 32 heavy (non-hydrogen) atoms. The zero-order valence-corrected chi connectivity index (χ0v) is 18.6. The molecule has 0 saturated heterocycles. The standard InChI is InChI=1S/C22H18ClN5O3S/c1-30-19-9-14(23)3-4-15(19)16-10-20(32-27-16)22(29)26-24-11-13-2-5-18-17(8-13)25-21-12-31-7-6-28(18)21/h2-5,8-11H,6-7,12H2,1H3,(H,26,29)/b24-11+. The van der Waals surface area contributed by atoms with E-state index in [4.69, 9.17) is 21.1 Å². The van der Waals surface area contributed by atoms with E-state index in [-0.39, 0.29) is 5.91 Å². The summed E-state index contributed by atoms with van der Waals surface area (Å²) < 4.78 is 17.4. The number of imidazole rings is 1. The number of amides is 1. The van der Waals surface area contributed by atoms with Crippen LogP contribution in [-0.2, 0) is 17.9 Å². The Labute approximate surface area is 192 Å². The van der Waals surface area contributed by atoms with E-state index in [2.05, 4.69) is 24.5 Å². The molecular formula is C22H18ClN5O3S. The molecule has 0 bridgehead atoms. The van der Waals surface area contributed by atoms with Gasteiger partial charge < -0.3 is 14.0 Å². The van der Waals surface area contributed by atoms with Gasteiger partial charge in [-0.25, -0.2) is 10.4 Å².